The predicted molar refractivity (Wildman–Crippen MR) is 42.7 cm³/mol. The number of aliphatic hydroxyl groups excluding tert-OH is 2. The summed E-state index contributed by atoms with van der Waals surface area (Å²) in [5, 5.41) is 18.6. The van der Waals surface area contributed by atoms with Crippen LogP contribution >= 0.6 is 0 Å². The molecule has 0 unspecified atom stereocenters. The fourth-order valence-electron chi connectivity index (χ4n) is 1.36. The molecule has 76 valence electrons. The Kier molecular flexibility index (Phi) is 3.24. The van der Waals surface area contributed by atoms with Crippen LogP contribution < -0.4 is 0 Å². The second-order valence-electron chi connectivity index (χ2n) is 3.17. The van der Waals surface area contributed by atoms with Gasteiger partial charge in [0, 0.05) is 13.3 Å². The van der Waals surface area contributed by atoms with Crippen LogP contribution in [0.5, 0.6) is 0 Å². The number of rotatable bonds is 1. The molecule has 5 heteroatoms. The predicted octanol–water partition coefficient (Wildman–Crippen LogP) is -0.594. The van der Waals surface area contributed by atoms with E-state index in [0.717, 1.165) is 0 Å². The standard InChI is InChI=1S/C8H14O5/c1-4-8(11)6(13-5(2)9)3-7(10)12-4/h4,6-8,10-11H,3H2,1-2H3/t4-,6-,7-,8+/m1/s1. The topological polar surface area (TPSA) is 76.0 Å². The lowest BCUT2D eigenvalue weighted by Crippen LogP contribution is -2.48. The first kappa shape index (κ1) is 10.4. The lowest BCUT2D eigenvalue weighted by molar-refractivity contribution is -0.233. The third-order valence-electron chi connectivity index (χ3n) is 1.98. The van der Waals surface area contributed by atoms with Crippen molar-refractivity contribution in [3.05, 3.63) is 0 Å². The van der Waals surface area contributed by atoms with E-state index >= 15 is 0 Å². The van der Waals surface area contributed by atoms with Crippen molar-refractivity contribution in [3.63, 3.8) is 0 Å². The van der Waals surface area contributed by atoms with Crippen molar-refractivity contribution in [2.75, 3.05) is 0 Å². The molecule has 2 N–H and O–H groups in total. The molecule has 0 amide bonds. The third kappa shape index (κ3) is 2.65. The molecule has 1 rings (SSSR count). The number of esters is 1. The average Bonchev–Trinajstić information content (AvgIpc) is 1.98. The third-order valence-corrected chi connectivity index (χ3v) is 1.98. The highest BCUT2D eigenvalue weighted by molar-refractivity contribution is 5.66. The highest BCUT2D eigenvalue weighted by atomic mass is 16.6. The second kappa shape index (κ2) is 4.04. The van der Waals surface area contributed by atoms with Crippen LogP contribution in [-0.2, 0) is 14.3 Å². The van der Waals surface area contributed by atoms with Gasteiger partial charge in [-0.25, -0.2) is 0 Å². The number of carbonyl (C=O) groups is 1. The highest BCUT2D eigenvalue weighted by Crippen LogP contribution is 2.21. The molecule has 0 aliphatic carbocycles. The van der Waals surface area contributed by atoms with Crippen LogP contribution in [0.25, 0.3) is 0 Å². The van der Waals surface area contributed by atoms with E-state index in [9.17, 15) is 9.90 Å². The van der Waals surface area contributed by atoms with Crippen LogP contribution in [0, 0.1) is 0 Å². The molecule has 0 radical (unpaired) electrons. The van der Waals surface area contributed by atoms with Crippen LogP contribution in [0.2, 0.25) is 0 Å². The fraction of sp³-hybridized carbons (Fsp3) is 0.875. The molecular formula is C8H14O5. The fourth-order valence-corrected chi connectivity index (χ4v) is 1.36. The molecule has 1 aliphatic heterocycles. The maximum absolute atomic E-state index is 10.6. The van der Waals surface area contributed by atoms with E-state index in [1.54, 1.807) is 6.92 Å². The van der Waals surface area contributed by atoms with E-state index in [0.29, 0.717) is 0 Å². The number of aliphatic hydroxyl groups is 2. The van der Waals surface area contributed by atoms with Gasteiger partial charge in [-0.15, -0.1) is 0 Å². The molecule has 0 saturated carbocycles. The Hall–Kier alpha value is -0.650. The van der Waals surface area contributed by atoms with E-state index in [4.69, 9.17) is 14.6 Å². The molecule has 0 spiro atoms. The Balaban J connectivity index is 2.55. The molecule has 0 aromatic heterocycles. The van der Waals surface area contributed by atoms with Crippen molar-refractivity contribution in [1.29, 1.82) is 0 Å². The summed E-state index contributed by atoms with van der Waals surface area (Å²) in [6.45, 7) is 2.88. The van der Waals surface area contributed by atoms with Crippen LogP contribution in [-0.4, -0.2) is 40.8 Å². The zero-order chi connectivity index (χ0) is 10.0. The molecule has 0 aromatic carbocycles. The molecular weight excluding hydrogens is 176 g/mol. The van der Waals surface area contributed by atoms with E-state index in [1.807, 2.05) is 0 Å². The van der Waals surface area contributed by atoms with Gasteiger partial charge in [-0.2, -0.15) is 0 Å². The minimum Gasteiger partial charge on any atom is -0.459 e. The van der Waals surface area contributed by atoms with Gasteiger partial charge in [-0.05, 0) is 6.92 Å². The lowest BCUT2D eigenvalue weighted by atomic mass is 10.0. The zero-order valence-electron chi connectivity index (χ0n) is 7.64. The quantitative estimate of drug-likeness (QED) is 0.540. The Morgan fingerprint density at radius 1 is 1.54 bits per heavy atom. The summed E-state index contributed by atoms with van der Waals surface area (Å²) in [5.41, 5.74) is 0. The van der Waals surface area contributed by atoms with Crippen molar-refractivity contribution >= 4 is 5.97 Å². The van der Waals surface area contributed by atoms with Gasteiger partial charge in [0.05, 0.1) is 6.10 Å². The van der Waals surface area contributed by atoms with E-state index in [2.05, 4.69) is 0 Å². The summed E-state index contributed by atoms with van der Waals surface area (Å²) in [7, 11) is 0. The Bertz CT molecular complexity index is 193. The maximum atomic E-state index is 10.6. The van der Waals surface area contributed by atoms with Gasteiger partial charge in [-0.1, -0.05) is 0 Å². The second-order valence-corrected chi connectivity index (χ2v) is 3.17. The van der Waals surface area contributed by atoms with Crippen molar-refractivity contribution in [2.45, 2.75) is 44.9 Å². The van der Waals surface area contributed by atoms with Crippen LogP contribution in [0.15, 0.2) is 0 Å². The Morgan fingerprint density at radius 3 is 2.69 bits per heavy atom. The molecule has 0 aromatic rings. The van der Waals surface area contributed by atoms with Crippen LogP contribution in [0.3, 0.4) is 0 Å². The summed E-state index contributed by atoms with van der Waals surface area (Å²) < 4.78 is 9.74. The van der Waals surface area contributed by atoms with Gasteiger partial charge in [0.1, 0.15) is 12.2 Å². The largest absolute Gasteiger partial charge is 0.459 e. The lowest BCUT2D eigenvalue weighted by Gasteiger charge is -2.34. The summed E-state index contributed by atoms with van der Waals surface area (Å²) in [6, 6.07) is 0. The zero-order valence-corrected chi connectivity index (χ0v) is 7.64. The first-order valence-corrected chi connectivity index (χ1v) is 4.19. The van der Waals surface area contributed by atoms with Crippen molar-refractivity contribution < 1.29 is 24.5 Å². The van der Waals surface area contributed by atoms with Gasteiger partial charge in [0.15, 0.2) is 6.29 Å². The van der Waals surface area contributed by atoms with E-state index in [1.165, 1.54) is 6.92 Å². The molecule has 1 saturated heterocycles. The minimum atomic E-state index is -0.970. The Morgan fingerprint density at radius 2 is 2.15 bits per heavy atom. The average molecular weight is 190 g/mol. The summed E-state index contributed by atoms with van der Waals surface area (Å²) >= 11 is 0. The number of hydrogen-bond donors (Lipinski definition) is 2. The summed E-state index contributed by atoms with van der Waals surface area (Å²) in [5.74, 6) is -0.467. The first-order chi connectivity index (χ1) is 6.00. The monoisotopic (exact) mass is 190 g/mol. The highest BCUT2D eigenvalue weighted by Gasteiger charge is 2.36. The number of hydrogen-bond acceptors (Lipinski definition) is 5. The molecule has 1 heterocycles. The molecule has 4 atom stereocenters. The Labute approximate surface area is 76.3 Å². The van der Waals surface area contributed by atoms with Crippen LogP contribution in [0.4, 0.5) is 0 Å². The minimum absolute atomic E-state index is 0.116. The van der Waals surface area contributed by atoms with Crippen LogP contribution in [0.1, 0.15) is 20.3 Å². The normalized spacial score (nSPS) is 40.0. The molecule has 13 heavy (non-hydrogen) atoms. The van der Waals surface area contributed by atoms with Gasteiger partial charge in [0.2, 0.25) is 0 Å². The van der Waals surface area contributed by atoms with Gasteiger partial charge >= 0.3 is 5.97 Å². The van der Waals surface area contributed by atoms with Gasteiger partial charge in [-0.3, -0.25) is 4.79 Å². The smallest absolute Gasteiger partial charge is 0.302 e. The summed E-state index contributed by atoms with van der Waals surface area (Å²) in [4.78, 5) is 10.6. The number of carbonyl (C=O) groups excluding carboxylic acids is 1. The van der Waals surface area contributed by atoms with Gasteiger partial charge in [0.25, 0.3) is 0 Å². The van der Waals surface area contributed by atoms with E-state index < -0.39 is 30.6 Å². The van der Waals surface area contributed by atoms with E-state index in [-0.39, 0.29) is 6.42 Å². The molecule has 1 aliphatic rings. The summed E-state index contributed by atoms with van der Waals surface area (Å²) in [6.07, 6.45) is -2.91. The molecule has 5 nitrogen and oxygen atoms in total. The number of ether oxygens (including phenoxy) is 2. The molecule has 1 fully saturated rings. The van der Waals surface area contributed by atoms with Crippen molar-refractivity contribution in [3.8, 4) is 0 Å². The first-order valence-electron chi connectivity index (χ1n) is 4.19. The van der Waals surface area contributed by atoms with Gasteiger partial charge < -0.3 is 19.7 Å². The SMILES string of the molecule is CC(=O)O[C@@H]1C[C@H](O)O[C@H](C)[C@@H]1O. The van der Waals surface area contributed by atoms with Crippen molar-refractivity contribution in [1.82, 2.24) is 0 Å². The molecule has 0 bridgehead atoms. The van der Waals surface area contributed by atoms with Crippen molar-refractivity contribution in [2.24, 2.45) is 0 Å². The maximum Gasteiger partial charge on any atom is 0.302 e.